The van der Waals surface area contributed by atoms with Crippen LogP contribution in [0.25, 0.3) is 0 Å². The summed E-state index contributed by atoms with van der Waals surface area (Å²) in [5.41, 5.74) is 3.81. The zero-order valence-electron chi connectivity index (χ0n) is 19.9. The molecule has 3 atom stereocenters. The number of hydrogen-bond donors (Lipinski definition) is 2. The van der Waals surface area contributed by atoms with Gasteiger partial charge in [0.05, 0.1) is 24.6 Å². The minimum atomic E-state index is -0.271. The van der Waals surface area contributed by atoms with E-state index in [0.29, 0.717) is 12.8 Å². The van der Waals surface area contributed by atoms with Crippen molar-refractivity contribution < 1.29 is 14.3 Å². The Labute approximate surface area is 205 Å². The summed E-state index contributed by atoms with van der Waals surface area (Å²) in [4.78, 5) is 25.4. The van der Waals surface area contributed by atoms with Crippen LogP contribution in [0.3, 0.4) is 0 Å². The number of amides is 2. The van der Waals surface area contributed by atoms with Crippen molar-refractivity contribution in [2.75, 3.05) is 12.9 Å². The molecule has 3 unspecified atom stereocenters. The molecule has 1 saturated heterocycles. The molecule has 2 heterocycles. The maximum absolute atomic E-state index is 13.3. The van der Waals surface area contributed by atoms with Crippen LogP contribution in [-0.2, 0) is 9.59 Å². The number of ether oxygens (including phenoxy) is 1. The topological polar surface area (TPSA) is 83.0 Å². The molecule has 2 N–H and O–H groups in total. The normalized spacial score (nSPS) is 22.3. The number of rotatable bonds is 8. The summed E-state index contributed by atoms with van der Waals surface area (Å²) < 4.78 is 5.27. The van der Waals surface area contributed by atoms with Crippen molar-refractivity contribution in [3.05, 3.63) is 65.2 Å². The highest BCUT2D eigenvalue weighted by Crippen LogP contribution is 2.34. The molecule has 2 aliphatic rings. The van der Waals surface area contributed by atoms with Crippen molar-refractivity contribution in [3.63, 3.8) is 0 Å². The molecule has 2 amide bonds. The van der Waals surface area contributed by atoms with Gasteiger partial charge in [0.1, 0.15) is 11.2 Å². The van der Waals surface area contributed by atoms with Gasteiger partial charge >= 0.3 is 0 Å². The second kappa shape index (κ2) is 11.1. The first-order valence-corrected chi connectivity index (χ1v) is 12.8. The van der Waals surface area contributed by atoms with E-state index in [-0.39, 0.29) is 35.1 Å². The Balaban J connectivity index is 1.50. The molecule has 0 saturated carbocycles. The van der Waals surface area contributed by atoms with E-state index >= 15 is 0 Å². The number of carbonyl (C=O) groups excluding carboxylic acids is 2. The monoisotopic (exact) mass is 480 g/mol. The number of thioether (sulfide) groups is 1. The number of hydrazone groups is 1. The lowest BCUT2D eigenvalue weighted by atomic mass is 9.97. The van der Waals surface area contributed by atoms with Crippen LogP contribution in [0.15, 0.2) is 53.6 Å². The van der Waals surface area contributed by atoms with Crippen LogP contribution in [0, 0.1) is 6.92 Å². The molecule has 0 bridgehead atoms. The van der Waals surface area contributed by atoms with E-state index < -0.39 is 0 Å². The molecule has 0 radical (unpaired) electrons. The number of aryl methyl sites for hydroxylation is 1. The maximum Gasteiger partial charge on any atom is 0.253 e. The van der Waals surface area contributed by atoms with Gasteiger partial charge in [0.2, 0.25) is 5.91 Å². The average molecular weight is 481 g/mol. The Hall–Kier alpha value is -2.84. The first kappa shape index (κ1) is 24.3. The molecule has 0 aliphatic carbocycles. The molecule has 180 valence electrons. The smallest absolute Gasteiger partial charge is 0.253 e. The summed E-state index contributed by atoms with van der Waals surface area (Å²) in [6, 6.07) is 16.0. The van der Waals surface area contributed by atoms with Gasteiger partial charge in [-0.3, -0.25) is 14.9 Å². The molecule has 0 spiro atoms. The van der Waals surface area contributed by atoms with Gasteiger partial charge in [0.25, 0.3) is 5.91 Å². The zero-order chi connectivity index (χ0) is 24.1. The number of benzene rings is 2. The summed E-state index contributed by atoms with van der Waals surface area (Å²) in [6.07, 6.45) is 3.07. The van der Waals surface area contributed by atoms with Crippen molar-refractivity contribution in [1.29, 1.82) is 0 Å². The minimum absolute atomic E-state index is 0.0284. The van der Waals surface area contributed by atoms with E-state index in [1.54, 1.807) is 12.1 Å². The van der Waals surface area contributed by atoms with E-state index in [0.717, 1.165) is 35.4 Å². The van der Waals surface area contributed by atoms with Crippen molar-refractivity contribution in [2.45, 2.75) is 57.1 Å². The molecule has 2 aromatic carbocycles. The Morgan fingerprint density at radius 1 is 1.15 bits per heavy atom. The molecular weight excluding hydrogens is 448 g/mol. The number of nitrogens with one attached hydrogen (secondary N) is 2. The first-order chi connectivity index (χ1) is 16.5. The van der Waals surface area contributed by atoms with Crippen LogP contribution in [0.5, 0.6) is 5.75 Å². The molecule has 2 aromatic rings. The lowest BCUT2D eigenvalue weighted by Crippen LogP contribution is -2.55. The van der Waals surface area contributed by atoms with Gasteiger partial charge in [-0.15, -0.1) is 11.8 Å². The lowest BCUT2D eigenvalue weighted by molar-refractivity contribution is -0.130. The summed E-state index contributed by atoms with van der Waals surface area (Å²) in [5.74, 6) is 0.956. The number of hydrogen-bond acceptors (Lipinski definition) is 6. The lowest BCUT2D eigenvalue weighted by Gasteiger charge is -2.31. The third-order valence-electron chi connectivity index (χ3n) is 6.17. The second-order valence-electron chi connectivity index (χ2n) is 8.76. The highest BCUT2D eigenvalue weighted by molar-refractivity contribution is 8.00. The van der Waals surface area contributed by atoms with Crippen molar-refractivity contribution in [3.8, 4) is 5.75 Å². The SMILES string of the molecule is CCCC1CC(=O)NC(SCC(=O)N2N=C(c3ccc(OC)cc3)CC2c2ccc(C)cc2)N1. The van der Waals surface area contributed by atoms with Gasteiger partial charge in [-0.05, 0) is 48.7 Å². The van der Waals surface area contributed by atoms with Crippen molar-refractivity contribution in [1.82, 2.24) is 15.6 Å². The zero-order valence-corrected chi connectivity index (χ0v) is 20.7. The van der Waals surface area contributed by atoms with Crippen LogP contribution >= 0.6 is 11.8 Å². The van der Waals surface area contributed by atoms with Gasteiger partial charge in [-0.1, -0.05) is 43.2 Å². The highest BCUT2D eigenvalue weighted by atomic mass is 32.2. The highest BCUT2D eigenvalue weighted by Gasteiger charge is 2.34. The van der Waals surface area contributed by atoms with Crippen LogP contribution in [0.1, 0.15) is 55.3 Å². The molecule has 2 aliphatic heterocycles. The molecule has 34 heavy (non-hydrogen) atoms. The molecule has 7 nitrogen and oxygen atoms in total. The minimum Gasteiger partial charge on any atom is -0.497 e. The van der Waals surface area contributed by atoms with Gasteiger partial charge in [-0.2, -0.15) is 5.10 Å². The average Bonchev–Trinajstić information content (AvgIpc) is 3.28. The largest absolute Gasteiger partial charge is 0.497 e. The van der Waals surface area contributed by atoms with E-state index in [2.05, 4.69) is 48.7 Å². The van der Waals surface area contributed by atoms with E-state index in [1.807, 2.05) is 24.3 Å². The Morgan fingerprint density at radius 2 is 1.88 bits per heavy atom. The molecular formula is C26H32N4O3S. The van der Waals surface area contributed by atoms with E-state index in [9.17, 15) is 9.59 Å². The van der Waals surface area contributed by atoms with E-state index in [1.165, 1.54) is 17.3 Å². The molecule has 8 heteroatoms. The first-order valence-electron chi connectivity index (χ1n) is 11.7. The second-order valence-corrected chi connectivity index (χ2v) is 9.85. The van der Waals surface area contributed by atoms with Crippen LogP contribution in [0.2, 0.25) is 0 Å². The third kappa shape index (κ3) is 5.80. The number of methoxy groups -OCH3 is 1. The van der Waals surface area contributed by atoms with Gasteiger partial charge < -0.3 is 10.1 Å². The van der Waals surface area contributed by atoms with Crippen LogP contribution in [-0.4, -0.2) is 46.9 Å². The number of carbonyl (C=O) groups is 2. The summed E-state index contributed by atoms with van der Waals surface area (Å²) in [7, 11) is 1.64. The third-order valence-corrected chi connectivity index (χ3v) is 7.17. The van der Waals surface area contributed by atoms with Crippen molar-refractivity contribution >= 4 is 29.3 Å². The quantitative estimate of drug-likeness (QED) is 0.597. The summed E-state index contributed by atoms with van der Waals surface area (Å²) in [6.45, 7) is 4.16. The Bertz CT molecular complexity index is 1040. The number of nitrogens with zero attached hydrogens (tertiary/aromatic N) is 2. The summed E-state index contributed by atoms with van der Waals surface area (Å²) in [5, 5.41) is 12.7. The summed E-state index contributed by atoms with van der Waals surface area (Å²) >= 11 is 1.41. The Morgan fingerprint density at radius 3 is 2.56 bits per heavy atom. The van der Waals surface area contributed by atoms with Gasteiger partial charge in [0, 0.05) is 18.9 Å². The fourth-order valence-corrected chi connectivity index (χ4v) is 5.28. The predicted octanol–water partition coefficient (Wildman–Crippen LogP) is 3.98. The molecule has 1 fully saturated rings. The fraction of sp³-hybridized carbons (Fsp3) is 0.423. The molecule has 4 rings (SSSR count). The van der Waals surface area contributed by atoms with Crippen LogP contribution in [0.4, 0.5) is 0 Å². The van der Waals surface area contributed by atoms with Crippen molar-refractivity contribution in [2.24, 2.45) is 5.10 Å². The molecule has 0 aromatic heterocycles. The standard InChI is InChI=1S/C26H32N4O3S/c1-4-5-20-14-24(31)28-26(27-20)34-16-25(32)30-23(19-8-6-17(2)7-9-19)15-22(29-30)18-10-12-21(33-3)13-11-18/h6-13,20,23,26-27H,4-5,14-16H2,1-3H3,(H,28,31). The van der Waals surface area contributed by atoms with E-state index in [4.69, 9.17) is 9.84 Å². The van der Waals surface area contributed by atoms with Gasteiger partial charge in [0.15, 0.2) is 0 Å². The van der Waals surface area contributed by atoms with Crippen LogP contribution < -0.4 is 15.4 Å². The Kier molecular flexibility index (Phi) is 7.90. The fourth-order valence-electron chi connectivity index (χ4n) is 4.33. The predicted molar refractivity (Wildman–Crippen MR) is 136 cm³/mol. The maximum atomic E-state index is 13.3. The van der Waals surface area contributed by atoms with Gasteiger partial charge in [-0.25, -0.2) is 5.01 Å².